The standard InChI is InChI=1S/C23H25ClFN5O2S/c1-16-5-6-19(12-20(16)24)30-15-27-28-23(30)33-14-22(31)26-13-21(29-7-9-32-10-8-29)17-3-2-4-18(25)11-17/h2-6,11-12,15,21H,7-10,13-14H2,1H3,(H,26,31). The Morgan fingerprint density at radius 1 is 1.27 bits per heavy atom. The van der Waals surface area contributed by atoms with Gasteiger partial charge < -0.3 is 10.1 Å². The zero-order valence-corrected chi connectivity index (χ0v) is 19.8. The molecule has 1 aliphatic heterocycles. The van der Waals surface area contributed by atoms with Crippen LogP contribution in [0.15, 0.2) is 53.9 Å². The fraction of sp³-hybridized carbons (Fsp3) is 0.348. The van der Waals surface area contributed by atoms with E-state index < -0.39 is 0 Å². The average molecular weight is 490 g/mol. The zero-order valence-electron chi connectivity index (χ0n) is 18.2. The number of hydrogen-bond donors (Lipinski definition) is 1. The molecule has 1 aliphatic rings. The van der Waals surface area contributed by atoms with Crippen LogP contribution in [-0.4, -0.2) is 64.2 Å². The summed E-state index contributed by atoms with van der Waals surface area (Å²) in [7, 11) is 0. The van der Waals surface area contributed by atoms with Crippen LogP contribution in [0.4, 0.5) is 4.39 Å². The molecule has 0 spiro atoms. The number of carbonyl (C=O) groups is 1. The first-order chi connectivity index (χ1) is 16.0. The number of amides is 1. The van der Waals surface area contributed by atoms with Gasteiger partial charge in [0.2, 0.25) is 5.91 Å². The summed E-state index contributed by atoms with van der Waals surface area (Å²) in [5, 5.41) is 12.4. The minimum atomic E-state index is -0.289. The molecule has 33 heavy (non-hydrogen) atoms. The Bertz CT molecular complexity index is 1110. The molecular formula is C23H25ClFN5O2S. The van der Waals surface area contributed by atoms with Crippen LogP contribution in [0.2, 0.25) is 5.02 Å². The number of ether oxygens (including phenoxy) is 1. The number of carbonyl (C=O) groups excluding carboxylic acids is 1. The maximum absolute atomic E-state index is 13.8. The lowest BCUT2D eigenvalue weighted by atomic mass is 10.0. The molecule has 1 unspecified atom stereocenters. The number of morpholine rings is 1. The summed E-state index contributed by atoms with van der Waals surface area (Å²) in [6.45, 7) is 5.01. The van der Waals surface area contributed by atoms with Crippen molar-refractivity contribution in [3.8, 4) is 5.69 Å². The van der Waals surface area contributed by atoms with E-state index in [1.165, 1.54) is 23.9 Å². The van der Waals surface area contributed by atoms with Crippen molar-refractivity contribution in [1.29, 1.82) is 0 Å². The number of nitrogens with one attached hydrogen (secondary N) is 1. The maximum Gasteiger partial charge on any atom is 0.230 e. The Morgan fingerprint density at radius 2 is 2.09 bits per heavy atom. The molecule has 0 saturated carbocycles. The van der Waals surface area contributed by atoms with Gasteiger partial charge in [-0.05, 0) is 42.3 Å². The van der Waals surface area contributed by atoms with Crippen molar-refractivity contribution in [2.24, 2.45) is 0 Å². The molecule has 1 atom stereocenters. The highest BCUT2D eigenvalue weighted by atomic mass is 35.5. The fourth-order valence-electron chi connectivity index (χ4n) is 3.68. The van der Waals surface area contributed by atoms with Crippen LogP contribution in [0.1, 0.15) is 17.2 Å². The number of aromatic nitrogens is 3. The summed E-state index contributed by atoms with van der Waals surface area (Å²) in [5.74, 6) is -0.244. The Balaban J connectivity index is 1.38. The second kappa shape index (κ2) is 11.1. The Labute approximate surface area is 201 Å². The van der Waals surface area contributed by atoms with Gasteiger partial charge in [-0.1, -0.05) is 41.6 Å². The summed E-state index contributed by atoms with van der Waals surface area (Å²) in [4.78, 5) is 14.9. The molecule has 1 N–H and O–H groups in total. The van der Waals surface area contributed by atoms with Gasteiger partial charge in [-0.2, -0.15) is 0 Å². The molecule has 1 amide bonds. The third-order valence-electron chi connectivity index (χ3n) is 5.49. The summed E-state index contributed by atoms with van der Waals surface area (Å²) in [6, 6.07) is 12.1. The first kappa shape index (κ1) is 23.7. The molecule has 1 aromatic heterocycles. The monoisotopic (exact) mass is 489 g/mol. The van der Waals surface area contributed by atoms with Gasteiger partial charge in [0, 0.05) is 24.7 Å². The predicted octanol–water partition coefficient (Wildman–Crippen LogP) is 3.65. The first-order valence-corrected chi connectivity index (χ1v) is 12.0. The van der Waals surface area contributed by atoms with Crippen LogP contribution < -0.4 is 5.32 Å². The van der Waals surface area contributed by atoms with Gasteiger partial charge >= 0.3 is 0 Å². The summed E-state index contributed by atoms with van der Waals surface area (Å²) >= 11 is 7.54. The smallest absolute Gasteiger partial charge is 0.230 e. The largest absolute Gasteiger partial charge is 0.379 e. The predicted molar refractivity (Wildman–Crippen MR) is 126 cm³/mol. The third kappa shape index (κ3) is 6.11. The molecule has 4 rings (SSSR count). The van der Waals surface area contributed by atoms with E-state index in [1.807, 2.05) is 31.2 Å². The van der Waals surface area contributed by atoms with Gasteiger partial charge in [-0.25, -0.2) is 4.39 Å². The van der Waals surface area contributed by atoms with Crippen LogP contribution in [0, 0.1) is 12.7 Å². The van der Waals surface area contributed by atoms with Crippen LogP contribution in [0.3, 0.4) is 0 Å². The lowest BCUT2D eigenvalue weighted by Gasteiger charge is -2.35. The van der Waals surface area contributed by atoms with Crippen molar-refractivity contribution in [2.45, 2.75) is 18.1 Å². The van der Waals surface area contributed by atoms with Crippen molar-refractivity contribution in [3.05, 3.63) is 70.8 Å². The number of nitrogens with zero attached hydrogens (tertiary/aromatic N) is 4. The molecule has 2 heterocycles. The quantitative estimate of drug-likeness (QED) is 0.487. The molecule has 0 bridgehead atoms. The first-order valence-electron chi connectivity index (χ1n) is 10.6. The molecule has 0 aliphatic carbocycles. The highest BCUT2D eigenvalue weighted by Crippen LogP contribution is 2.25. The van der Waals surface area contributed by atoms with E-state index in [2.05, 4.69) is 20.4 Å². The van der Waals surface area contributed by atoms with Crippen LogP contribution in [0.5, 0.6) is 0 Å². The second-order valence-corrected chi connectivity index (χ2v) is 9.08. The number of rotatable bonds is 8. The summed E-state index contributed by atoms with van der Waals surface area (Å²) in [6.07, 6.45) is 1.60. The van der Waals surface area contributed by atoms with Gasteiger partial charge in [-0.3, -0.25) is 14.3 Å². The van der Waals surface area contributed by atoms with Gasteiger partial charge in [0.05, 0.1) is 30.7 Å². The van der Waals surface area contributed by atoms with E-state index in [1.54, 1.807) is 17.0 Å². The Hall–Kier alpha value is -2.46. The third-order valence-corrected chi connectivity index (χ3v) is 6.85. The number of aryl methyl sites for hydroxylation is 1. The molecule has 174 valence electrons. The van der Waals surface area contributed by atoms with Crippen molar-refractivity contribution in [2.75, 3.05) is 38.6 Å². The number of hydrogen-bond acceptors (Lipinski definition) is 6. The Morgan fingerprint density at radius 3 is 2.85 bits per heavy atom. The van der Waals surface area contributed by atoms with E-state index in [9.17, 15) is 9.18 Å². The Kier molecular flexibility index (Phi) is 7.97. The number of benzene rings is 2. The summed E-state index contributed by atoms with van der Waals surface area (Å²) < 4.78 is 21.1. The summed E-state index contributed by atoms with van der Waals surface area (Å²) in [5.41, 5.74) is 2.65. The van der Waals surface area contributed by atoms with Crippen LogP contribution in [0.25, 0.3) is 5.69 Å². The molecule has 10 heteroatoms. The minimum Gasteiger partial charge on any atom is -0.379 e. The molecular weight excluding hydrogens is 465 g/mol. The van der Waals surface area contributed by atoms with Gasteiger partial charge in [0.25, 0.3) is 0 Å². The van der Waals surface area contributed by atoms with E-state index in [4.69, 9.17) is 16.3 Å². The fourth-order valence-corrected chi connectivity index (χ4v) is 4.62. The van der Waals surface area contributed by atoms with E-state index in [-0.39, 0.29) is 23.5 Å². The van der Waals surface area contributed by atoms with E-state index in [0.717, 1.165) is 29.9 Å². The van der Waals surface area contributed by atoms with Crippen LogP contribution in [-0.2, 0) is 9.53 Å². The molecule has 1 fully saturated rings. The van der Waals surface area contributed by atoms with Crippen molar-refractivity contribution in [1.82, 2.24) is 25.0 Å². The van der Waals surface area contributed by atoms with Gasteiger partial charge in [0.1, 0.15) is 12.1 Å². The van der Waals surface area contributed by atoms with Gasteiger partial charge in [-0.15, -0.1) is 10.2 Å². The highest BCUT2D eigenvalue weighted by Gasteiger charge is 2.23. The highest BCUT2D eigenvalue weighted by molar-refractivity contribution is 7.99. The molecule has 0 radical (unpaired) electrons. The number of thioether (sulfide) groups is 1. The van der Waals surface area contributed by atoms with Crippen LogP contribution >= 0.6 is 23.4 Å². The zero-order chi connectivity index (χ0) is 23.2. The van der Waals surface area contributed by atoms with E-state index in [0.29, 0.717) is 29.9 Å². The molecule has 1 saturated heterocycles. The molecule has 3 aromatic rings. The topological polar surface area (TPSA) is 72.3 Å². The van der Waals surface area contributed by atoms with Crippen molar-refractivity contribution >= 4 is 29.3 Å². The second-order valence-electron chi connectivity index (χ2n) is 7.73. The normalized spacial score (nSPS) is 15.4. The SMILES string of the molecule is Cc1ccc(-n2cnnc2SCC(=O)NCC(c2cccc(F)c2)N2CCOCC2)cc1Cl. The number of halogens is 2. The van der Waals surface area contributed by atoms with Crippen molar-refractivity contribution in [3.63, 3.8) is 0 Å². The maximum atomic E-state index is 13.8. The minimum absolute atomic E-state index is 0.128. The van der Waals surface area contributed by atoms with Crippen molar-refractivity contribution < 1.29 is 13.9 Å². The molecule has 2 aromatic carbocycles. The lowest BCUT2D eigenvalue weighted by Crippen LogP contribution is -2.44. The van der Waals surface area contributed by atoms with Gasteiger partial charge in [0.15, 0.2) is 5.16 Å². The van der Waals surface area contributed by atoms with E-state index >= 15 is 0 Å². The lowest BCUT2D eigenvalue weighted by molar-refractivity contribution is -0.118. The molecule has 7 nitrogen and oxygen atoms in total. The average Bonchev–Trinajstić information content (AvgIpc) is 3.29.